The molecular formula is C11H12ClFN2O. The zero-order chi connectivity index (χ0) is 11.8. The molecule has 0 atom stereocenters. The molecule has 16 heavy (non-hydrogen) atoms. The van der Waals surface area contributed by atoms with Gasteiger partial charge in [-0.3, -0.25) is 4.79 Å². The van der Waals surface area contributed by atoms with Gasteiger partial charge in [-0.2, -0.15) is 0 Å². The van der Waals surface area contributed by atoms with Crippen molar-refractivity contribution < 1.29 is 9.18 Å². The maximum absolute atomic E-state index is 13.4. The third kappa shape index (κ3) is 2.03. The molecule has 1 fully saturated rings. The highest BCUT2D eigenvalue weighted by molar-refractivity contribution is 6.30. The first-order chi connectivity index (χ1) is 7.57. The molecule has 0 radical (unpaired) electrons. The maximum atomic E-state index is 13.4. The fraction of sp³-hybridized carbons (Fsp3) is 0.364. The number of carbonyl (C=O) groups excluding carboxylic acids is 1. The third-order valence-electron chi connectivity index (χ3n) is 2.91. The number of anilines is 1. The minimum absolute atomic E-state index is 0.147. The van der Waals surface area contributed by atoms with Crippen LogP contribution in [0.3, 0.4) is 0 Å². The fourth-order valence-corrected chi connectivity index (χ4v) is 1.68. The fourth-order valence-electron chi connectivity index (χ4n) is 1.52. The first kappa shape index (κ1) is 11.4. The average molecular weight is 243 g/mol. The van der Waals surface area contributed by atoms with E-state index >= 15 is 0 Å². The number of carbonyl (C=O) groups is 1. The number of halogens is 2. The highest BCUT2D eigenvalue weighted by Gasteiger charge is 2.48. The highest BCUT2D eigenvalue weighted by atomic mass is 35.5. The van der Waals surface area contributed by atoms with Crippen LogP contribution < -0.4 is 11.1 Å². The Balaban J connectivity index is 2.12. The lowest BCUT2D eigenvalue weighted by atomic mass is 10.1. The summed E-state index contributed by atoms with van der Waals surface area (Å²) < 4.78 is 13.4. The second-order valence-electron chi connectivity index (χ2n) is 4.06. The van der Waals surface area contributed by atoms with Crippen LogP contribution in [-0.2, 0) is 4.79 Å². The molecule has 0 spiro atoms. The Kier molecular flexibility index (Phi) is 2.86. The molecule has 0 unspecified atom stereocenters. The standard InChI is InChI=1S/C11H12ClFN2O/c12-7-1-2-9(8(13)5-7)15-10(16)11(6-14)3-4-11/h1-2,5H,3-4,6,14H2,(H,15,16). The summed E-state index contributed by atoms with van der Waals surface area (Å²) >= 11 is 5.61. The molecule has 1 aliphatic carbocycles. The summed E-state index contributed by atoms with van der Waals surface area (Å²) in [5.41, 5.74) is 5.18. The number of nitrogens with one attached hydrogen (secondary N) is 1. The Morgan fingerprint density at radius 1 is 1.56 bits per heavy atom. The van der Waals surface area contributed by atoms with Crippen LogP contribution in [0.15, 0.2) is 18.2 Å². The smallest absolute Gasteiger partial charge is 0.231 e. The van der Waals surface area contributed by atoms with Crippen molar-refractivity contribution >= 4 is 23.2 Å². The van der Waals surface area contributed by atoms with Crippen LogP contribution in [0.4, 0.5) is 10.1 Å². The van der Waals surface area contributed by atoms with Gasteiger partial charge in [-0.25, -0.2) is 4.39 Å². The van der Waals surface area contributed by atoms with E-state index < -0.39 is 11.2 Å². The first-order valence-corrected chi connectivity index (χ1v) is 5.42. The molecule has 3 N–H and O–H groups in total. The van der Waals surface area contributed by atoms with Crippen LogP contribution in [-0.4, -0.2) is 12.5 Å². The van der Waals surface area contributed by atoms with E-state index in [4.69, 9.17) is 17.3 Å². The number of nitrogens with two attached hydrogens (primary N) is 1. The molecule has 0 heterocycles. The van der Waals surface area contributed by atoms with E-state index in [2.05, 4.69) is 5.32 Å². The van der Waals surface area contributed by atoms with E-state index in [0.717, 1.165) is 12.8 Å². The molecule has 0 saturated heterocycles. The summed E-state index contributed by atoms with van der Waals surface area (Å²) in [6.45, 7) is 0.300. The molecule has 1 aromatic rings. The summed E-state index contributed by atoms with van der Waals surface area (Å²) in [6, 6.07) is 4.14. The summed E-state index contributed by atoms with van der Waals surface area (Å²) in [5.74, 6) is -0.745. The van der Waals surface area contributed by atoms with Crippen molar-refractivity contribution in [3.05, 3.63) is 29.0 Å². The van der Waals surface area contributed by atoms with Crippen molar-refractivity contribution in [1.82, 2.24) is 0 Å². The van der Waals surface area contributed by atoms with Gasteiger partial charge in [0.05, 0.1) is 11.1 Å². The van der Waals surface area contributed by atoms with Crippen LogP contribution in [0, 0.1) is 11.2 Å². The van der Waals surface area contributed by atoms with Crippen molar-refractivity contribution in [2.45, 2.75) is 12.8 Å². The number of benzene rings is 1. The zero-order valence-electron chi connectivity index (χ0n) is 8.59. The summed E-state index contributed by atoms with van der Waals surface area (Å²) in [4.78, 5) is 11.8. The molecule has 1 amide bonds. The predicted molar refractivity (Wildman–Crippen MR) is 60.8 cm³/mol. The molecule has 1 aromatic carbocycles. The summed E-state index contributed by atoms with van der Waals surface area (Å²) in [6.07, 6.45) is 1.54. The van der Waals surface area contributed by atoms with Gasteiger partial charge < -0.3 is 11.1 Å². The van der Waals surface area contributed by atoms with Gasteiger partial charge in [-0.1, -0.05) is 11.6 Å². The predicted octanol–water partition coefficient (Wildman–Crippen LogP) is 2.16. The van der Waals surface area contributed by atoms with Gasteiger partial charge >= 0.3 is 0 Å². The molecule has 2 rings (SSSR count). The highest BCUT2D eigenvalue weighted by Crippen LogP contribution is 2.45. The second kappa shape index (κ2) is 4.03. The van der Waals surface area contributed by atoms with Crippen molar-refractivity contribution in [3.8, 4) is 0 Å². The largest absolute Gasteiger partial charge is 0.329 e. The average Bonchev–Trinajstić information content (AvgIpc) is 3.03. The number of amides is 1. The van der Waals surface area contributed by atoms with E-state index in [-0.39, 0.29) is 11.6 Å². The molecule has 1 saturated carbocycles. The maximum Gasteiger partial charge on any atom is 0.231 e. The van der Waals surface area contributed by atoms with E-state index in [1.165, 1.54) is 18.2 Å². The Morgan fingerprint density at radius 3 is 2.75 bits per heavy atom. The zero-order valence-corrected chi connectivity index (χ0v) is 9.35. The van der Waals surface area contributed by atoms with Crippen molar-refractivity contribution in [3.63, 3.8) is 0 Å². The molecule has 86 valence electrons. The lowest BCUT2D eigenvalue weighted by molar-refractivity contribution is -0.120. The van der Waals surface area contributed by atoms with Crippen LogP contribution in [0.5, 0.6) is 0 Å². The van der Waals surface area contributed by atoms with E-state index in [0.29, 0.717) is 11.6 Å². The Bertz CT molecular complexity index is 432. The monoisotopic (exact) mass is 242 g/mol. The SMILES string of the molecule is NCC1(C(=O)Nc2ccc(Cl)cc2F)CC1. The quantitative estimate of drug-likeness (QED) is 0.853. The van der Waals surface area contributed by atoms with Crippen molar-refractivity contribution in [2.24, 2.45) is 11.1 Å². The second-order valence-corrected chi connectivity index (χ2v) is 4.50. The summed E-state index contributed by atoms with van der Waals surface area (Å²) in [5, 5.41) is 2.84. The van der Waals surface area contributed by atoms with Gasteiger partial charge in [0.2, 0.25) is 5.91 Å². The minimum atomic E-state index is -0.534. The van der Waals surface area contributed by atoms with Gasteiger partial charge in [0.1, 0.15) is 5.82 Å². The molecule has 0 aliphatic heterocycles. The van der Waals surface area contributed by atoms with Gasteiger partial charge in [-0.15, -0.1) is 0 Å². The molecular weight excluding hydrogens is 231 g/mol. The van der Waals surface area contributed by atoms with Gasteiger partial charge in [0, 0.05) is 11.6 Å². The van der Waals surface area contributed by atoms with Crippen LogP contribution in [0.25, 0.3) is 0 Å². The molecule has 0 bridgehead atoms. The number of rotatable bonds is 3. The minimum Gasteiger partial charge on any atom is -0.329 e. The van der Waals surface area contributed by atoms with Crippen LogP contribution >= 0.6 is 11.6 Å². The lowest BCUT2D eigenvalue weighted by Gasteiger charge is -2.13. The van der Waals surface area contributed by atoms with E-state index in [1.807, 2.05) is 0 Å². The van der Waals surface area contributed by atoms with Gasteiger partial charge in [0.25, 0.3) is 0 Å². The van der Waals surface area contributed by atoms with Crippen molar-refractivity contribution in [1.29, 1.82) is 0 Å². The lowest BCUT2D eigenvalue weighted by Crippen LogP contribution is -2.31. The van der Waals surface area contributed by atoms with E-state index in [1.54, 1.807) is 0 Å². The Hall–Kier alpha value is -1.13. The topological polar surface area (TPSA) is 55.1 Å². The first-order valence-electron chi connectivity index (χ1n) is 5.04. The van der Waals surface area contributed by atoms with E-state index in [9.17, 15) is 9.18 Å². The summed E-state index contributed by atoms with van der Waals surface area (Å²) in [7, 11) is 0. The molecule has 0 aromatic heterocycles. The normalized spacial score (nSPS) is 16.9. The molecule has 1 aliphatic rings. The van der Waals surface area contributed by atoms with Crippen LogP contribution in [0.2, 0.25) is 5.02 Å². The Labute approximate surface area is 97.8 Å². The van der Waals surface area contributed by atoms with Gasteiger partial charge in [-0.05, 0) is 31.0 Å². The number of hydrogen-bond acceptors (Lipinski definition) is 2. The van der Waals surface area contributed by atoms with Crippen molar-refractivity contribution in [2.75, 3.05) is 11.9 Å². The molecule has 5 heteroatoms. The Morgan fingerprint density at radius 2 is 2.25 bits per heavy atom. The third-order valence-corrected chi connectivity index (χ3v) is 3.14. The molecule has 3 nitrogen and oxygen atoms in total. The van der Waals surface area contributed by atoms with Gasteiger partial charge in [0.15, 0.2) is 0 Å². The number of hydrogen-bond donors (Lipinski definition) is 2. The van der Waals surface area contributed by atoms with Crippen LogP contribution in [0.1, 0.15) is 12.8 Å².